The van der Waals surface area contributed by atoms with Crippen LogP contribution in [0.25, 0.3) is 0 Å². The topological polar surface area (TPSA) is 0 Å². The Bertz CT molecular complexity index is 348. The first-order valence-corrected chi connectivity index (χ1v) is 7.38. The molecule has 0 aliphatic rings. The van der Waals surface area contributed by atoms with Crippen molar-refractivity contribution >= 4 is 0 Å². The van der Waals surface area contributed by atoms with E-state index in [4.69, 9.17) is 0 Å². The molecule has 0 heteroatoms. The van der Waals surface area contributed by atoms with Gasteiger partial charge in [-0.3, -0.25) is 0 Å². The van der Waals surface area contributed by atoms with Crippen LogP contribution in [0, 0.1) is 6.92 Å². The van der Waals surface area contributed by atoms with Crippen LogP contribution in [0.1, 0.15) is 45.7 Å². The summed E-state index contributed by atoms with van der Waals surface area (Å²) in [7, 11) is 0. The molecule has 19 heavy (non-hydrogen) atoms. The van der Waals surface area contributed by atoms with Gasteiger partial charge in [0.05, 0.1) is 0 Å². The van der Waals surface area contributed by atoms with E-state index in [-0.39, 0.29) is 0 Å². The van der Waals surface area contributed by atoms with Crippen molar-refractivity contribution in [3.05, 3.63) is 71.8 Å². The Hall–Kier alpha value is -1.56. The van der Waals surface area contributed by atoms with Crippen LogP contribution in [-0.2, 0) is 6.42 Å². The van der Waals surface area contributed by atoms with Gasteiger partial charge in [-0.25, -0.2) is 0 Å². The minimum absolute atomic E-state index is 1.14. The van der Waals surface area contributed by atoms with E-state index >= 15 is 0 Å². The Morgan fingerprint density at radius 1 is 0.632 bits per heavy atom. The summed E-state index contributed by atoms with van der Waals surface area (Å²) in [6, 6.07) is 20.7. The molecular weight excluding hydrogens is 228 g/mol. The van der Waals surface area contributed by atoms with Gasteiger partial charge >= 0.3 is 0 Å². The van der Waals surface area contributed by atoms with Crippen LogP contribution in [0.15, 0.2) is 60.7 Å². The second-order valence-corrected chi connectivity index (χ2v) is 3.49. The van der Waals surface area contributed by atoms with Crippen LogP contribution in [0.2, 0.25) is 0 Å². The Balaban J connectivity index is 0. The molecule has 0 saturated carbocycles. The molecule has 0 amide bonds. The summed E-state index contributed by atoms with van der Waals surface area (Å²) >= 11 is 0. The van der Waals surface area contributed by atoms with Gasteiger partial charge in [0.15, 0.2) is 0 Å². The fourth-order valence-corrected chi connectivity index (χ4v) is 1.25. The molecule has 0 unspecified atom stereocenters. The predicted molar refractivity (Wildman–Crippen MR) is 89.7 cm³/mol. The highest BCUT2D eigenvalue weighted by molar-refractivity contribution is 5.14. The van der Waals surface area contributed by atoms with Crippen molar-refractivity contribution in [3.8, 4) is 0 Å². The zero-order chi connectivity index (χ0) is 14.9. The highest BCUT2D eigenvalue weighted by atomic mass is 13.9. The van der Waals surface area contributed by atoms with E-state index in [1.54, 1.807) is 0 Å². The van der Waals surface area contributed by atoms with Crippen molar-refractivity contribution in [2.45, 2.75) is 48.0 Å². The molecule has 2 aromatic rings. The third kappa shape index (κ3) is 12.7. The second-order valence-electron chi connectivity index (χ2n) is 3.49. The standard InChI is InChI=1S/C8H10.C7H8.2C2H6/c1-2-8-6-4-3-5-7-8;1-7-5-3-2-4-6-7;2*1-2/h3-7H,2H2,1H3;2-6H,1H3;2*1-2H3. The van der Waals surface area contributed by atoms with Gasteiger partial charge in [-0.2, -0.15) is 0 Å². The maximum absolute atomic E-state index is 2.16. The molecule has 2 rings (SSSR count). The molecular formula is C19H30. The third-order valence-corrected chi connectivity index (χ3v) is 2.19. The molecule has 0 bridgehead atoms. The molecule has 0 atom stereocenters. The maximum Gasteiger partial charge on any atom is -0.0307 e. The summed E-state index contributed by atoms with van der Waals surface area (Å²) in [4.78, 5) is 0. The van der Waals surface area contributed by atoms with E-state index in [9.17, 15) is 0 Å². The maximum atomic E-state index is 2.16. The lowest BCUT2D eigenvalue weighted by atomic mass is 10.2. The van der Waals surface area contributed by atoms with Crippen molar-refractivity contribution in [1.82, 2.24) is 0 Å². The first kappa shape index (κ1) is 19.8. The fourth-order valence-electron chi connectivity index (χ4n) is 1.25. The lowest BCUT2D eigenvalue weighted by Crippen LogP contribution is -1.73. The van der Waals surface area contributed by atoms with Crippen molar-refractivity contribution in [2.24, 2.45) is 0 Å². The quantitative estimate of drug-likeness (QED) is 0.563. The Kier molecular flexibility index (Phi) is 17.1. The van der Waals surface area contributed by atoms with E-state index in [0.29, 0.717) is 0 Å². The average molecular weight is 258 g/mol. The largest absolute Gasteiger partial charge is 0.0683 e. The number of rotatable bonds is 1. The molecule has 0 aromatic heterocycles. The fraction of sp³-hybridized carbons (Fsp3) is 0.368. The SMILES string of the molecule is CC.CC.CCc1ccccc1.Cc1ccccc1. The molecule has 2 aromatic carbocycles. The summed E-state index contributed by atoms with van der Waals surface area (Å²) in [6.45, 7) is 12.2. The monoisotopic (exact) mass is 258 g/mol. The molecule has 106 valence electrons. The summed E-state index contributed by atoms with van der Waals surface area (Å²) in [5.41, 5.74) is 2.73. The van der Waals surface area contributed by atoms with Gasteiger partial charge in [0.1, 0.15) is 0 Å². The lowest BCUT2D eigenvalue weighted by Gasteiger charge is -1.89. The molecule has 0 heterocycles. The zero-order valence-electron chi connectivity index (χ0n) is 13.5. The van der Waals surface area contributed by atoms with Gasteiger partial charge in [0, 0.05) is 0 Å². The van der Waals surface area contributed by atoms with Crippen molar-refractivity contribution in [3.63, 3.8) is 0 Å². The van der Waals surface area contributed by atoms with Crippen molar-refractivity contribution in [1.29, 1.82) is 0 Å². The van der Waals surface area contributed by atoms with Crippen LogP contribution in [0.5, 0.6) is 0 Å². The highest BCUT2D eigenvalue weighted by Gasteiger charge is 1.80. The van der Waals surface area contributed by atoms with Gasteiger partial charge in [-0.15, -0.1) is 0 Å². The van der Waals surface area contributed by atoms with Gasteiger partial charge in [0.2, 0.25) is 0 Å². The molecule has 0 radical (unpaired) electrons. The highest BCUT2D eigenvalue weighted by Crippen LogP contribution is 1.96. The first-order chi connectivity index (χ1) is 9.33. The lowest BCUT2D eigenvalue weighted by molar-refractivity contribution is 1.14. The molecule has 0 saturated heterocycles. The van der Waals surface area contributed by atoms with Crippen molar-refractivity contribution < 1.29 is 0 Å². The van der Waals surface area contributed by atoms with Crippen LogP contribution in [0.3, 0.4) is 0 Å². The van der Waals surface area contributed by atoms with Crippen LogP contribution in [0.4, 0.5) is 0 Å². The van der Waals surface area contributed by atoms with Gasteiger partial charge in [-0.05, 0) is 18.9 Å². The van der Waals surface area contributed by atoms with Crippen LogP contribution in [-0.4, -0.2) is 0 Å². The molecule has 0 nitrogen and oxygen atoms in total. The van der Waals surface area contributed by atoms with Gasteiger partial charge < -0.3 is 0 Å². The van der Waals surface area contributed by atoms with Gasteiger partial charge in [-0.1, -0.05) is 101 Å². The minimum atomic E-state index is 1.14. The first-order valence-electron chi connectivity index (χ1n) is 7.38. The molecule has 0 spiro atoms. The number of benzene rings is 2. The summed E-state index contributed by atoms with van der Waals surface area (Å²) < 4.78 is 0. The molecule has 0 N–H and O–H groups in total. The van der Waals surface area contributed by atoms with E-state index in [1.807, 2.05) is 52.0 Å². The van der Waals surface area contributed by atoms with Crippen LogP contribution < -0.4 is 0 Å². The van der Waals surface area contributed by atoms with E-state index in [0.717, 1.165) is 6.42 Å². The summed E-state index contributed by atoms with van der Waals surface area (Å²) in [5.74, 6) is 0. The van der Waals surface area contributed by atoms with Crippen molar-refractivity contribution in [2.75, 3.05) is 0 Å². The average Bonchev–Trinajstić information content (AvgIpc) is 2.53. The van der Waals surface area contributed by atoms with Crippen LogP contribution >= 0.6 is 0 Å². The Morgan fingerprint density at radius 2 is 1.00 bits per heavy atom. The summed E-state index contributed by atoms with van der Waals surface area (Å²) in [6.07, 6.45) is 1.14. The Morgan fingerprint density at radius 3 is 1.21 bits per heavy atom. The molecule has 0 aliphatic carbocycles. The number of hydrogen-bond acceptors (Lipinski definition) is 0. The van der Waals surface area contributed by atoms with E-state index in [1.165, 1.54) is 11.1 Å². The van der Waals surface area contributed by atoms with E-state index in [2.05, 4.69) is 50.2 Å². The Labute approximate surface area is 120 Å². The zero-order valence-corrected chi connectivity index (χ0v) is 13.5. The summed E-state index contributed by atoms with van der Waals surface area (Å²) in [5, 5.41) is 0. The number of hydrogen-bond donors (Lipinski definition) is 0. The van der Waals surface area contributed by atoms with Gasteiger partial charge in [0.25, 0.3) is 0 Å². The molecule has 0 aliphatic heterocycles. The second kappa shape index (κ2) is 16.4. The minimum Gasteiger partial charge on any atom is -0.0683 e. The van der Waals surface area contributed by atoms with E-state index < -0.39 is 0 Å². The normalized spacial score (nSPS) is 7.68. The third-order valence-electron chi connectivity index (χ3n) is 2.19. The number of aryl methyl sites for hydroxylation is 2. The molecule has 0 fully saturated rings. The smallest absolute Gasteiger partial charge is 0.0307 e. The predicted octanol–water partition coefficient (Wildman–Crippen LogP) is 6.30.